The summed E-state index contributed by atoms with van der Waals surface area (Å²) in [5.74, 6) is -2.58. The Bertz CT molecular complexity index is 305. The van der Waals surface area contributed by atoms with Gasteiger partial charge in [-0.3, -0.25) is 9.59 Å². The molecule has 0 aromatic carbocycles. The van der Waals surface area contributed by atoms with Gasteiger partial charge in [0.2, 0.25) is 0 Å². The second kappa shape index (κ2) is 4.05. The Kier molecular flexibility index (Phi) is 2.88. The van der Waals surface area contributed by atoms with Gasteiger partial charge < -0.3 is 14.6 Å². The highest BCUT2D eigenvalue weighted by atomic mass is 16.5. The molecule has 90 valence electrons. The Balaban J connectivity index is 2.17. The van der Waals surface area contributed by atoms with Crippen molar-refractivity contribution in [2.45, 2.75) is 31.3 Å². The third-order valence-corrected chi connectivity index (χ3v) is 3.68. The molecule has 3 atom stereocenters. The van der Waals surface area contributed by atoms with Crippen molar-refractivity contribution < 1.29 is 24.2 Å². The third-order valence-electron chi connectivity index (χ3n) is 3.68. The molecule has 1 saturated carbocycles. The van der Waals surface area contributed by atoms with Crippen LogP contribution >= 0.6 is 0 Å². The minimum atomic E-state index is -0.928. The molecule has 1 heterocycles. The Hall–Kier alpha value is -1.10. The number of ether oxygens (including phenoxy) is 2. The molecule has 1 aliphatic carbocycles. The number of methoxy groups -OCH3 is 1. The lowest BCUT2D eigenvalue weighted by molar-refractivity contribution is -0.154. The smallest absolute Gasteiger partial charge is 0.309 e. The largest absolute Gasteiger partial charge is 0.481 e. The molecule has 0 amide bonds. The number of carboxylic acid groups (broad SMARTS) is 1. The maximum absolute atomic E-state index is 11.5. The molecule has 0 aromatic heterocycles. The number of hydrogen-bond donors (Lipinski definition) is 1. The summed E-state index contributed by atoms with van der Waals surface area (Å²) >= 11 is 0. The van der Waals surface area contributed by atoms with E-state index in [1.54, 1.807) is 0 Å². The molecule has 2 rings (SSSR count). The van der Waals surface area contributed by atoms with E-state index in [-0.39, 0.29) is 5.60 Å². The van der Waals surface area contributed by atoms with Gasteiger partial charge in [0.15, 0.2) is 0 Å². The molecule has 16 heavy (non-hydrogen) atoms. The van der Waals surface area contributed by atoms with E-state index in [9.17, 15) is 9.59 Å². The maximum atomic E-state index is 11.5. The average Bonchev–Trinajstić information content (AvgIpc) is 2.86. The SMILES string of the molecule is COC(=O)[C@H]1CC2(CCCO2)C[C@H]1C(=O)O. The topological polar surface area (TPSA) is 72.8 Å². The standard InChI is InChI=1S/C11H16O5/c1-15-10(14)8-6-11(3-2-4-16-11)5-7(8)9(12)13/h7-8H,2-6H2,1H3,(H,12,13)/t7-,8+,11?/m1/s1. The summed E-state index contributed by atoms with van der Waals surface area (Å²) in [6.07, 6.45) is 2.71. The van der Waals surface area contributed by atoms with Crippen LogP contribution in [0.4, 0.5) is 0 Å². The molecule has 2 fully saturated rings. The van der Waals surface area contributed by atoms with Crippen LogP contribution in [-0.2, 0) is 19.1 Å². The van der Waals surface area contributed by atoms with E-state index in [1.165, 1.54) is 7.11 Å². The highest BCUT2D eigenvalue weighted by Gasteiger charge is 2.53. The average molecular weight is 228 g/mol. The van der Waals surface area contributed by atoms with Gasteiger partial charge in [-0.2, -0.15) is 0 Å². The van der Waals surface area contributed by atoms with Crippen molar-refractivity contribution in [2.75, 3.05) is 13.7 Å². The van der Waals surface area contributed by atoms with Crippen molar-refractivity contribution in [1.29, 1.82) is 0 Å². The maximum Gasteiger partial charge on any atom is 0.309 e. The second-order valence-electron chi connectivity index (χ2n) is 4.62. The van der Waals surface area contributed by atoms with E-state index in [2.05, 4.69) is 4.74 Å². The molecule has 1 unspecified atom stereocenters. The number of rotatable bonds is 2. The summed E-state index contributed by atoms with van der Waals surface area (Å²) in [6, 6.07) is 0. The van der Waals surface area contributed by atoms with Crippen LogP contribution in [0.5, 0.6) is 0 Å². The molecule has 1 aliphatic heterocycles. The van der Waals surface area contributed by atoms with E-state index in [0.29, 0.717) is 19.4 Å². The van der Waals surface area contributed by atoms with Crippen molar-refractivity contribution in [1.82, 2.24) is 0 Å². The van der Waals surface area contributed by atoms with Crippen LogP contribution in [0.1, 0.15) is 25.7 Å². The summed E-state index contributed by atoms with van der Waals surface area (Å²) in [7, 11) is 1.29. The first-order valence-corrected chi connectivity index (χ1v) is 5.52. The number of aliphatic carboxylic acids is 1. The summed E-state index contributed by atoms with van der Waals surface area (Å²) in [5.41, 5.74) is -0.387. The Morgan fingerprint density at radius 1 is 1.38 bits per heavy atom. The van der Waals surface area contributed by atoms with Gasteiger partial charge in [-0.1, -0.05) is 0 Å². The summed E-state index contributed by atoms with van der Waals surface area (Å²) in [4.78, 5) is 22.6. The number of carboxylic acids is 1. The molecule has 1 N–H and O–H groups in total. The normalized spacial score (nSPS) is 37.8. The van der Waals surface area contributed by atoms with E-state index in [1.807, 2.05) is 0 Å². The highest BCUT2D eigenvalue weighted by Crippen LogP contribution is 2.47. The van der Waals surface area contributed by atoms with Crippen molar-refractivity contribution in [2.24, 2.45) is 11.8 Å². The molecular formula is C11H16O5. The minimum Gasteiger partial charge on any atom is -0.481 e. The van der Waals surface area contributed by atoms with Crippen LogP contribution < -0.4 is 0 Å². The molecule has 5 heteroatoms. The van der Waals surface area contributed by atoms with E-state index in [0.717, 1.165) is 12.8 Å². The van der Waals surface area contributed by atoms with Gasteiger partial charge in [0.1, 0.15) is 0 Å². The zero-order chi connectivity index (χ0) is 11.8. The van der Waals surface area contributed by atoms with E-state index in [4.69, 9.17) is 9.84 Å². The molecule has 0 bridgehead atoms. The van der Waals surface area contributed by atoms with Gasteiger partial charge in [-0.15, -0.1) is 0 Å². The zero-order valence-corrected chi connectivity index (χ0v) is 9.27. The molecule has 1 spiro atoms. The molecule has 1 saturated heterocycles. The first-order valence-electron chi connectivity index (χ1n) is 5.52. The van der Waals surface area contributed by atoms with Crippen molar-refractivity contribution in [3.8, 4) is 0 Å². The Morgan fingerprint density at radius 3 is 2.56 bits per heavy atom. The third kappa shape index (κ3) is 1.80. The van der Waals surface area contributed by atoms with Gasteiger partial charge in [0, 0.05) is 6.61 Å². The number of carbonyl (C=O) groups is 2. The van der Waals surface area contributed by atoms with Gasteiger partial charge in [0.05, 0.1) is 24.5 Å². The number of esters is 1. The minimum absolute atomic E-state index is 0.387. The van der Waals surface area contributed by atoms with Crippen LogP contribution in [0.2, 0.25) is 0 Å². The second-order valence-corrected chi connectivity index (χ2v) is 4.62. The van der Waals surface area contributed by atoms with Gasteiger partial charge in [-0.25, -0.2) is 0 Å². The van der Waals surface area contributed by atoms with E-state index >= 15 is 0 Å². The summed E-state index contributed by atoms with van der Waals surface area (Å²) in [5, 5.41) is 9.11. The van der Waals surface area contributed by atoms with Crippen LogP contribution in [-0.4, -0.2) is 36.4 Å². The lowest BCUT2D eigenvalue weighted by Gasteiger charge is -2.21. The number of hydrogen-bond acceptors (Lipinski definition) is 4. The zero-order valence-electron chi connectivity index (χ0n) is 9.27. The van der Waals surface area contributed by atoms with Crippen molar-refractivity contribution >= 4 is 11.9 Å². The van der Waals surface area contributed by atoms with Crippen LogP contribution in [0.3, 0.4) is 0 Å². The van der Waals surface area contributed by atoms with Gasteiger partial charge >= 0.3 is 11.9 Å². The van der Waals surface area contributed by atoms with Gasteiger partial charge in [-0.05, 0) is 25.7 Å². The molecular weight excluding hydrogens is 212 g/mol. The molecule has 5 nitrogen and oxygen atoms in total. The molecule has 0 aromatic rings. The first-order chi connectivity index (χ1) is 7.58. The Morgan fingerprint density at radius 2 is 2.06 bits per heavy atom. The monoisotopic (exact) mass is 228 g/mol. The molecule has 2 aliphatic rings. The summed E-state index contributed by atoms with van der Waals surface area (Å²) in [6.45, 7) is 0.667. The molecule has 0 radical (unpaired) electrons. The lowest BCUT2D eigenvalue weighted by atomic mass is 9.97. The first kappa shape index (κ1) is 11.4. The van der Waals surface area contributed by atoms with E-state index < -0.39 is 23.8 Å². The fourth-order valence-electron chi connectivity index (χ4n) is 2.90. The lowest BCUT2D eigenvalue weighted by Crippen LogP contribution is -2.26. The quantitative estimate of drug-likeness (QED) is 0.708. The van der Waals surface area contributed by atoms with Gasteiger partial charge in [0.25, 0.3) is 0 Å². The Labute approximate surface area is 93.7 Å². The highest BCUT2D eigenvalue weighted by molar-refractivity contribution is 5.82. The summed E-state index contributed by atoms with van der Waals surface area (Å²) < 4.78 is 10.3. The van der Waals surface area contributed by atoms with Crippen LogP contribution in [0.25, 0.3) is 0 Å². The fraction of sp³-hybridized carbons (Fsp3) is 0.818. The predicted molar refractivity (Wildman–Crippen MR) is 53.8 cm³/mol. The fourth-order valence-corrected chi connectivity index (χ4v) is 2.90. The van der Waals surface area contributed by atoms with Crippen molar-refractivity contribution in [3.05, 3.63) is 0 Å². The predicted octanol–water partition coefficient (Wildman–Crippen LogP) is 0.819. The number of carbonyl (C=O) groups excluding carboxylic acids is 1. The van der Waals surface area contributed by atoms with Crippen LogP contribution in [0, 0.1) is 11.8 Å². The van der Waals surface area contributed by atoms with Crippen LogP contribution in [0.15, 0.2) is 0 Å². The van der Waals surface area contributed by atoms with Crippen molar-refractivity contribution in [3.63, 3.8) is 0 Å².